The van der Waals surface area contributed by atoms with Crippen molar-refractivity contribution in [2.75, 3.05) is 13.1 Å². The molecule has 1 aromatic heterocycles. The molecule has 2 aromatic rings. The molecule has 0 aliphatic carbocycles. The molecule has 27 heavy (non-hydrogen) atoms. The molecule has 1 amide bonds. The molecule has 2 heterocycles. The van der Waals surface area contributed by atoms with Crippen LogP contribution < -0.4 is 5.32 Å². The van der Waals surface area contributed by atoms with Gasteiger partial charge in [-0.1, -0.05) is 42.8 Å². The van der Waals surface area contributed by atoms with E-state index in [1.807, 2.05) is 18.2 Å². The molecule has 7 heteroatoms. The fourth-order valence-electron chi connectivity index (χ4n) is 3.47. The van der Waals surface area contributed by atoms with Gasteiger partial charge in [0.1, 0.15) is 4.21 Å². The predicted octanol–water partition coefficient (Wildman–Crippen LogP) is 3.43. The third-order valence-corrected chi connectivity index (χ3v) is 8.18. The van der Waals surface area contributed by atoms with Crippen LogP contribution in [0.4, 0.5) is 0 Å². The lowest BCUT2D eigenvalue weighted by Crippen LogP contribution is -2.45. The second-order valence-corrected chi connectivity index (χ2v) is 9.91. The highest BCUT2D eigenvalue weighted by molar-refractivity contribution is 7.91. The Labute approximate surface area is 165 Å². The quantitative estimate of drug-likeness (QED) is 0.683. The number of carbonyl (C=O) groups is 1. The zero-order valence-corrected chi connectivity index (χ0v) is 17.0. The van der Waals surface area contributed by atoms with E-state index in [4.69, 9.17) is 0 Å². The first-order valence-electron chi connectivity index (χ1n) is 9.43. The van der Waals surface area contributed by atoms with Crippen LogP contribution in [0, 0.1) is 0 Å². The van der Waals surface area contributed by atoms with Crippen LogP contribution >= 0.6 is 11.3 Å². The van der Waals surface area contributed by atoms with Gasteiger partial charge in [0.2, 0.25) is 5.91 Å². The van der Waals surface area contributed by atoms with Crippen molar-refractivity contribution in [1.29, 1.82) is 0 Å². The van der Waals surface area contributed by atoms with Gasteiger partial charge in [0.25, 0.3) is 10.0 Å². The number of sulfonamides is 1. The van der Waals surface area contributed by atoms with E-state index in [0.717, 1.165) is 32.1 Å². The molecule has 0 radical (unpaired) electrons. The van der Waals surface area contributed by atoms with E-state index in [-0.39, 0.29) is 18.4 Å². The molecule has 0 spiro atoms. The number of thiophene rings is 1. The van der Waals surface area contributed by atoms with Crippen LogP contribution in [0.15, 0.2) is 52.1 Å². The molecule has 1 fully saturated rings. The highest BCUT2D eigenvalue weighted by Crippen LogP contribution is 2.29. The van der Waals surface area contributed by atoms with Gasteiger partial charge in [-0.15, -0.1) is 11.3 Å². The van der Waals surface area contributed by atoms with Gasteiger partial charge in [-0.05, 0) is 42.7 Å². The number of piperidine rings is 1. The first kappa shape index (κ1) is 20.0. The highest BCUT2D eigenvalue weighted by Gasteiger charge is 2.35. The molecule has 3 rings (SSSR count). The number of nitrogens with one attached hydrogen (secondary N) is 1. The smallest absolute Gasteiger partial charge is 0.252 e. The molecule has 0 bridgehead atoms. The monoisotopic (exact) mass is 406 g/mol. The van der Waals surface area contributed by atoms with Crippen molar-refractivity contribution < 1.29 is 13.2 Å². The number of benzene rings is 1. The first-order chi connectivity index (χ1) is 13.1. The number of nitrogens with zero attached hydrogens (tertiary/aromatic N) is 1. The van der Waals surface area contributed by atoms with Crippen molar-refractivity contribution in [2.45, 2.75) is 48.8 Å². The molecule has 1 aliphatic rings. The molecule has 1 atom stereocenters. The van der Waals surface area contributed by atoms with E-state index >= 15 is 0 Å². The standard InChI is InChI=1S/C20H26N2O3S2/c23-19(21-13-6-10-17-8-2-1-3-9-17)16-18-11-4-5-14-22(18)27(24,25)20-12-7-15-26-20/h1-3,7-9,12,15,18H,4-6,10-11,13-14,16H2,(H,21,23)/t18-/m1/s1. The van der Waals surface area contributed by atoms with Gasteiger partial charge in [-0.2, -0.15) is 4.31 Å². The normalized spacial score (nSPS) is 18.3. The topological polar surface area (TPSA) is 66.5 Å². The first-order valence-corrected chi connectivity index (χ1v) is 11.8. The number of hydrogen-bond acceptors (Lipinski definition) is 4. The highest BCUT2D eigenvalue weighted by atomic mass is 32.2. The number of hydrogen-bond donors (Lipinski definition) is 1. The van der Waals surface area contributed by atoms with Crippen LogP contribution in [0.2, 0.25) is 0 Å². The number of amides is 1. The summed E-state index contributed by atoms with van der Waals surface area (Å²) >= 11 is 1.23. The Morgan fingerprint density at radius 3 is 2.70 bits per heavy atom. The van der Waals surface area contributed by atoms with Crippen molar-refractivity contribution in [3.05, 3.63) is 53.4 Å². The Kier molecular flexibility index (Phi) is 7.04. The summed E-state index contributed by atoms with van der Waals surface area (Å²) in [5.74, 6) is -0.0682. The lowest BCUT2D eigenvalue weighted by atomic mass is 10.0. The average molecular weight is 407 g/mol. The summed E-state index contributed by atoms with van der Waals surface area (Å²) in [6.07, 6.45) is 4.57. The van der Waals surface area contributed by atoms with Crippen molar-refractivity contribution >= 4 is 27.3 Å². The molecule has 1 aromatic carbocycles. The van der Waals surface area contributed by atoms with Crippen LogP contribution in [0.25, 0.3) is 0 Å². The van der Waals surface area contributed by atoms with E-state index < -0.39 is 10.0 Å². The van der Waals surface area contributed by atoms with Gasteiger partial charge in [0.15, 0.2) is 0 Å². The van der Waals surface area contributed by atoms with Gasteiger partial charge in [-0.3, -0.25) is 4.79 Å². The molecule has 146 valence electrons. The zero-order valence-electron chi connectivity index (χ0n) is 15.3. The molecule has 5 nitrogen and oxygen atoms in total. The molecular formula is C20H26N2O3S2. The fourth-order valence-corrected chi connectivity index (χ4v) is 6.28. The molecule has 1 N–H and O–H groups in total. The summed E-state index contributed by atoms with van der Waals surface area (Å²) in [5, 5.41) is 4.72. The molecule has 0 saturated carbocycles. The zero-order chi connectivity index (χ0) is 19.1. The fraction of sp³-hybridized carbons (Fsp3) is 0.450. The molecule has 1 saturated heterocycles. The third-order valence-electron chi connectivity index (χ3n) is 4.86. The summed E-state index contributed by atoms with van der Waals surface area (Å²) in [4.78, 5) is 12.4. The Hall–Kier alpha value is -1.70. The van der Waals surface area contributed by atoms with Crippen molar-refractivity contribution in [3.8, 4) is 0 Å². The Balaban J connectivity index is 1.51. The van der Waals surface area contributed by atoms with E-state index in [0.29, 0.717) is 17.3 Å². The summed E-state index contributed by atoms with van der Waals surface area (Å²) in [7, 11) is -3.50. The van der Waals surface area contributed by atoms with Crippen molar-refractivity contribution in [3.63, 3.8) is 0 Å². The van der Waals surface area contributed by atoms with Crippen LogP contribution in [-0.4, -0.2) is 37.8 Å². The van der Waals surface area contributed by atoms with Crippen LogP contribution in [0.1, 0.15) is 37.7 Å². The van der Waals surface area contributed by atoms with Crippen LogP contribution in [0.3, 0.4) is 0 Å². The van der Waals surface area contributed by atoms with Gasteiger partial charge >= 0.3 is 0 Å². The van der Waals surface area contributed by atoms with Crippen LogP contribution in [0.5, 0.6) is 0 Å². The Bertz CT molecular complexity index is 820. The second kappa shape index (κ2) is 9.48. The van der Waals surface area contributed by atoms with Crippen molar-refractivity contribution in [2.24, 2.45) is 0 Å². The minimum atomic E-state index is -3.50. The van der Waals surface area contributed by atoms with Gasteiger partial charge < -0.3 is 5.32 Å². The number of rotatable bonds is 8. The predicted molar refractivity (Wildman–Crippen MR) is 108 cm³/mol. The maximum atomic E-state index is 12.9. The van der Waals surface area contributed by atoms with E-state index in [1.54, 1.807) is 17.5 Å². The SMILES string of the molecule is O=C(C[C@H]1CCCCN1S(=O)(=O)c1cccs1)NCCCc1ccccc1. The minimum Gasteiger partial charge on any atom is -0.356 e. The molecular weight excluding hydrogens is 380 g/mol. The molecule has 1 aliphatic heterocycles. The average Bonchev–Trinajstić information content (AvgIpc) is 3.22. The van der Waals surface area contributed by atoms with E-state index in [9.17, 15) is 13.2 Å². The lowest BCUT2D eigenvalue weighted by Gasteiger charge is -2.34. The maximum absolute atomic E-state index is 12.9. The van der Waals surface area contributed by atoms with Crippen LogP contribution in [-0.2, 0) is 21.2 Å². The Morgan fingerprint density at radius 2 is 1.96 bits per heavy atom. The lowest BCUT2D eigenvalue weighted by molar-refractivity contribution is -0.122. The summed E-state index contributed by atoms with van der Waals surface area (Å²) in [6, 6.07) is 13.3. The summed E-state index contributed by atoms with van der Waals surface area (Å²) in [6.45, 7) is 1.10. The largest absolute Gasteiger partial charge is 0.356 e. The van der Waals surface area contributed by atoms with E-state index in [2.05, 4.69) is 17.4 Å². The molecule has 0 unspecified atom stereocenters. The van der Waals surface area contributed by atoms with E-state index in [1.165, 1.54) is 21.2 Å². The third kappa shape index (κ3) is 5.40. The van der Waals surface area contributed by atoms with Gasteiger partial charge in [-0.25, -0.2) is 8.42 Å². The summed E-state index contributed by atoms with van der Waals surface area (Å²) in [5.41, 5.74) is 1.26. The van der Waals surface area contributed by atoms with Crippen molar-refractivity contribution in [1.82, 2.24) is 9.62 Å². The Morgan fingerprint density at radius 1 is 1.15 bits per heavy atom. The minimum absolute atomic E-state index is 0.0682. The number of aryl methyl sites for hydroxylation is 1. The second-order valence-electron chi connectivity index (χ2n) is 6.84. The number of carbonyl (C=O) groups excluding carboxylic acids is 1. The van der Waals surface area contributed by atoms with Gasteiger partial charge in [0, 0.05) is 25.6 Å². The summed E-state index contributed by atoms with van der Waals surface area (Å²) < 4.78 is 27.6. The van der Waals surface area contributed by atoms with Gasteiger partial charge in [0.05, 0.1) is 0 Å². The maximum Gasteiger partial charge on any atom is 0.252 e.